The number of hydrogen-bond donors (Lipinski definition) is 1. The Morgan fingerprint density at radius 2 is 1.95 bits per heavy atom. The minimum absolute atomic E-state index is 0.566. The first kappa shape index (κ1) is 11.9. The van der Waals surface area contributed by atoms with Crippen molar-refractivity contribution in [3.8, 4) is 0 Å². The summed E-state index contributed by atoms with van der Waals surface area (Å²) in [5.41, 5.74) is 1.28. The van der Waals surface area contributed by atoms with Crippen LogP contribution in [-0.2, 0) is 6.42 Å². The molecule has 1 aliphatic carbocycles. The fourth-order valence-corrected chi connectivity index (χ4v) is 3.00. The van der Waals surface area contributed by atoms with Crippen LogP contribution in [0.1, 0.15) is 30.3 Å². The van der Waals surface area contributed by atoms with Crippen LogP contribution in [0.25, 0.3) is 10.8 Å². The fourth-order valence-electron chi connectivity index (χ4n) is 2.70. The molecule has 0 spiro atoms. The molecule has 0 amide bonds. The highest BCUT2D eigenvalue weighted by Crippen LogP contribution is 2.36. The first-order chi connectivity index (χ1) is 9.81. The molecule has 1 saturated carbocycles. The van der Waals surface area contributed by atoms with Gasteiger partial charge in [-0.25, -0.2) is 0 Å². The van der Waals surface area contributed by atoms with Gasteiger partial charge in [-0.3, -0.25) is 5.10 Å². The summed E-state index contributed by atoms with van der Waals surface area (Å²) in [6.07, 6.45) is 3.27. The lowest BCUT2D eigenvalue weighted by atomic mass is 10.0. The lowest BCUT2D eigenvalue weighted by molar-refractivity contribution is 0.686. The number of hydrogen-bond acceptors (Lipinski definition) is 2. The van der Waals surface area contributed by atoms with E-state index in [9.17, 15) is 0 Å². The molecule has 0 bridgehead atoms. The van der Waals surface area contributed by atoms with Crippen LogP contribution in [0.2, 0.25) is 0 Å². The van der Waals surface area contributed by atoms with E-state index in [1.165, 1.54) is 29.2 Å². The van der Waals surface area contributed by atoms with Gasteiger partial charge in [0.05, 0.1) is 0 Å². The van der Waals surface area contributed by atoms with Gasteiger partial charge in [0, 0.05) is 12.5 Å². The van der Waals surface area contributed by atoms with Gasteiger partial charge in [-0.05, 0) is 41.4 Å². The third kappa shape index (κ3) is 2.06. The van der Waals surface area contributed by atoms with Crippen molar-refractivity contribution in [1.29, 1.82) is 0 Å². The zero-order chi connectivity index (χ0) is 13.5. The molecule has 0 aliphatic heterocycles. The molecule has 1 aromatic heterocycles. The summed E-state index contributed by atoms with van der Waals surface area (Å²) >= 11 is 5.33. The Kier molecular flexibility index (Phi) is 2.70. The van der Waals surface area contributed by atoms with Gasteiger partial charge in [-0.15, -0.1) is 0 Å². The molecule has 0 saturated heterocycles. The molecular weight excluding hydrogens is 266 g/mol. The molecule has 100 valence electrons. The molecular formula is C16H15N3S. The highest BCUT2D eigenvalue weighted by molar-refractivity contribution is 7.71. The molecule has 3 aromatic rings. The number of fused-ring (bicyclic) bond motifs is 1. The number of nitrogens with zero attached hydrogens (tertiary/aromatic N) is 2. The summed E-state index contributed by atoms with van der Waals surface area (Å²) < 4.78 is 2.94. The highest BCUT2D eigenvalue weighted by atomic mass is 32.1. The molecule has 20 heavy (non-hydrogen) atoms. The van der Waals surface area contributed by atoms with E-state index in [0.717, 1.165) is 17.0 Å². The molecule has 0 atom stereocenters. The largest absolute Gasteiger partial charge is 0.301 e. The fraction of sp³-hybridized carbons (Fsp3) is 0.250. The molecule has 0 radical (unpaired) electrons. The van der Waals surface area contributed by atoms with Crippen LogP contribution in [0.3, 0.4) is 0 Å². The van der Waals surface area contributed by atoms with E-state index in [-0.39, 0.29) is 0 Å². The summed E-state index contributed by atoms with van der Waals surface area (Å²) in [5, 5.41) is 9.88. The van der Waals surface area contributed by atoms with Crippen LogP contribution in [0.5, 0.6) is 0 Å². The Labute approximate surface area is 122 Å². The highest BCUT2D eigenvalue weighted by Gasteiger charge is 2.27. The third-order valence-corrected chi connectivity index (χ3v) is 4.15. The lowest BCUT2D eigenvalue weighted by Crippen LogP contribution is -2.02. The molecule has 0 unspecified atom stereocenters. The molecule has 3 nitrogen and oxygen atoms in total. The van der Waals surface area contributed by atoms with Crippen molar-refractivity contribution in [3.05, 3.63) is 58.6 Å². The van der Waals surface area contributed by atoms with Gasteiger partial charge in [-0.2, -0.15) is 5.10 Å². The second-order valence-electron chi connectivity index (χ2n) is 5.40. The van der Waals surface area contributed by atoms with E-state index in [1.54, 1.807) is 0 Å². The van der Waals surface area contributed by atoms with Crippen molar-refractivity contribution in [2.24, 2.45) is 0 Å². The maximum absolute atomic E-state index is 5.33. The van der Waals surface area contributed by atoms with Gasteiger partial charge in [-0.1, -0.05) is 42.5 Å². The van der Waals surface area contributed by atoms with E-state index >= 15 is 0 Å². The Balaban J connectivity index is 1.72. The average Bonchev–Trinajstić information content (AvgIpc) is 3.24. The quantitative estimate of drug-likeness (QED) is 0.736. The van der Waals surface area contributed by atoms with Gasteiger partial charge in [0.1, 0.15) is 5.82 Å². The zero-order valence-corrected chi connectivity index (χ0v) is 11.9. The minimum atomic E-state index is 0.566. The molecule has 1 aliphatic rings. The zero-order valence-electron chi connectivity index (χ0n) is 11.0. The first-order valence-corrected chi connectivity index (χ1v) is 7.35. The van der Waals surface area contributed by atoms with Gasteiger partial charge in [0.2, 0.25) is 0 Å². The summed E-state index contributed by atoms with van der Waals surface area (Å²) in [6, 6.07) is 15.6. The second kappa shape index (κ2) is 4.56. The molecule has 1 N–H and O–H groups in total. The van der Waals surface area contributed by atoms with Crippen molar-refractivity contribution in [1.82, 2.24) is 14.8 Å². The van der Waals surface area contributed by atoms with E-state index in [0.29, 0.717) is 6.04 Å². The van der Waals surface area contributed by atoms with Gasteiger partial charge in [0.15, 0.2) is 4.77 Å². The van der Waals surface area contributed by atoms with Crippen molar-refractivity contribution in [2.45, 2.75) is 25.3 Å². The monoisotopic (exact) mass is 281 g/mol. The maximum Gasteiger partial charge on any atom is 0.195 e. The average molecular weight is 281 g/mol. The Bertz CT molecular complexity index is 827. The minimum Gasteiger partial charge on any atom is -0.301 e. The van der Waals surface area contributed by atoms with Crippen LogP contribution >= 0.6 is 12.2 Å². The van der Waals surface area contributed by atoms with Crippen LogP contribution in [0.15, 0.2) is 42.5 Å². The maximum atomic E-state index is 5.33. The lowest BCUT2D eigenvalue weighted by Gasteiger charge is -2.06. The molecule has 1 heterocycles. The van der Waals surface area contributed by atoms with E-state index in [1.807, 2.05) is 0 Å². The second-order valence-corrected chi connectivity index (χ2v) is 5.79. The van der Waals surface area contributed by atoms with Gasteiger partial charge in [0.25, 0.3) is 0 Å². The van der Waals surface area contributed by atoms with Crippen LogP contribution in [0.4, 0.5) is 0 Å². The Morgan fingerprint density at radius 1 is 1.15 bits per heavy atom. The van der Waals surface area contributed by atoms with E-state index in [4.69, 9.17) is 12.2 Å². The van der Waals surface area contributed by atoms with Crippen molar-refractivity contribution < 1.29 is 0 Å². The van der Waals surface area contributed by atoms with Crippen LogP contribution in [-0.4, -0.2) is 14.8 Å². The number of aromatic nitrogens is 3. The number of H-pyrrole nitrogens is 1. The SMILES string of the molecule is S=c1[nH]nc(Cc2ccc3ccccc3c2)n1C1CC1. The third-order valence-electron chi connectivity index (χ3n) is 3.87. The van der Waals surface area contributed by atoms with Crippen molar-refractivity contribution in [2.75, 3.05) is 0 Å². The summed E-state index contributed by atoms with van der Waals surface area (Å²) in [7, 11) is 0. The smallest absolute Gasteiger partial charge is 0.195 e. The predicted molar refractivity (Wildman–Crippen MR) is 82.4 cm³/mol. The number of benzene rings is 2. The molecule has 2 aromatic carbocycles. The summed E-state index contributed by atoms with van der Waals surface area (Å²) in [5.74, 6) is 1.05. The van der Waals surface area contributed by atoms with Crippen molar-refractivity contribution >= 4 is 23.0 Å². The topological polar surface area (TPSA) is 33.6 Å². The number of nitrogens with one attached hydrogen (secondary N) is 1. The Morgan fingerprint density at radius 3 is 2.75 bits per heavy atom. The van der Waals surface area contributed by atoms with Gasteiger partial charge >= 0.3 is 0 Å². The predicted octanol–water partition coefficient (Wildman–Crippen LogP) is 4.02. The first-order valence-electron chi connectivity index (χ1n) is 6.95. The van der Waals surface area contributed by atoms with E-state index < -0.39 is 0 Å². The summed E-state index contributed by atoms with van der Waals surface area (Å²) in [6.45, 7) is 0. The Hall–Kier alpha value is -1.94. The standard InChI is InChI=1S/C16H15N3S/c20-16-18-17-15(19(16)14-7-8-14)10-11-5-6-12-3-1-2-4-13(12)9-11/h1-6,9,14H,7-8,10H2,(H,18,20). The molecule has 4 heteroatoms. The number of rotatable bonds is 3. The summed E-state index contributed by atoms with van der Waals surface area (Å²) in [4.78, 5) is 0. The number of aromatic amines is 1. The van der Waals surface area contributed by atoms with Gasteiger partial charge < -0.3 is 4.57 Å². The normalized spacial score (nSPS) is 14.8. The van der Waals surface area contributed by atoms with Crippen molar-refractivity contribution in [3.63, 3.8) is 0 Å². The van der Waals surface area contributed by atoms with E-state index in [2.05, 4.69) is 57.2 Å². The molecule has 1 fully saturated rings. The molecule has 4 rings (SSSR count). The van der Waals surface area contributed by atoms with Crippen LogP contribution in [0, 0.1) is 4.77 Å². The van der Waals surface area contributed by atoms with Crippen LogP contribution < -0.4 is 0 Å².